The molecule has 33 heavy (non-hydrogen) atoms. The predicted molar refractivity (Wildman–Crippen MR) is 115 cm³/mol. The Morgan fingerprint density at radius 3 is 2.36 bits per heavy atom. The van der Waals surface area contributed by atoms with Crippen LogP contribution >= 0.6 is 0 Å². The second-order valence-corrected chi connectivity index (χ2v) is 14.0. The van der Waals surface area contributed by atoms with Crippen molar-refractivity contribution in [3.63, 3.8) is 0 Å². The Kier molecular flexibility index (Phi) is 5.60. The number of benzene rings is 1. The third-order valence-corrected chi connectivity index (χ3v) is 11.1. The lowest BCUT2D eigenvalue weighted by molar-refractivity contribution is -0.0760. The summed E-state index contributed by atoms with van der Waals surface area (Å²) in [5, 5.41) is 0. The third-order valence-electron chi connectivity index (χ3n) is 8.27. The van der Waals surface area contributed by atoms with E-state index in [0.717, 1.165) is 44.2 Å². The van der Waals surface area contributed by atoms with Crippen molar-refractivity contribution in [2.24, 2.45) is 22.7 Å². The summed E-state index contributed by atoms with van der Waals surface area (Å²) >= 11 is 0. The average molecular weight is 511 g/mol. The second kappa shape index (κ2) is 7.50. The molecule has 11 heteroatoms. The Bertz CT molecular complexity index is 1170. The molecule has 0 amide bonds. The molecule has 2 fully saturated rings. The third kappa shape index (κ3) is 3.83. The minimum atomic E-state index is -5.95. The minimum Gasteiger partial charge on any atom is -0.496 e. The van der Waals surface area contributed by atoms with Crippen molar-refractivity contribution in [2.45, 2.75) is 69.2 Å². The first-order chi connectivity index (χ1) is 15.0. The van der Waals surface area contributed by atoms with Crippen molar-refractivity contribution in [2.75, 3.05) is 12.9 Å². The van der Waals surface area contributed by atoms with Gasteiger partial charge in [-0.15, -0.1) is 0 Å². The van der Waals surface area contributed by atoms with Crippen LogP contribution in [0.5, 0.6) is 11.5 Å². The van der Waals surface area contributed by atoms with Gasteiger partial charge >= 0.3 is 15.6 Å². The number of alkyl halides is 3. The van der Waals surface area contributed by atoms with Gasteiger partial charge in [-0.3, -0.25) is 0 Å². The second-order valence-electron chi connectivity index (χ2n) is 10.5. The highest BCUT2D eigenvalue weighted by molar-refractivity contribution is 7.91. The van der Waals surface area contributed by atoms with Crippen LogP contribution in [0.4, 0.5) is 13.2 Å². The van der Waals surface area contributed by atoms with E-state index in [4.69, 9.17) is 4.74 Å². The quantitative estimate of drug-likeness (QED) is 0.418. The van der Waals surface area contributed by atoms with Gasteiger partial charge in [0, 0.05) is 17.7 Å². The van der Waals surface area contributed by atoms with Gasteiger partial charge in [-0.1, -0.05) is 27.2 Å². The number of hydrogen-bond donors (Lipinski definition) is 0. The summed E-state index contributed by atoms with van der Waals surface area (Å²) in [6, 6.07) is 1.94. The Labute approximate surface area is 192 Å². The lowest BCUT2D eigenvalue weighted by Gasteiger charge is -2.60. The summed E-state index contributed by atoms with van der Waals surface area (Å²) in [4.78, 5) is -0.201. The van der Waals surface area contributed by atoms with E-state index in [9.17, 15) is 30.0 Å². The number of rotatable bonds is 3. The molecule has 0 saturated heterocycles. The topological polar surface area (TPSA) is 86.7 Å². The molecular weight excluding hydrogens is 481 g/mol. The molecule has 0 aromatic heterocycles. The van der Waals surface area contributed by atoms with E-state index in [1.807, 2.05) is 0 Å². The van der Waals surface area contributed by atoms with Crippen LogP contribution in [0, 0.1) is 22.7 Å². The fraction of sp³-hybridized carbons (Fsp3) is 0.727. The Morgan fingerprint density at radius 1 is 1.09 bits per heavy atom. The zero-order valence-corrected chi connectivity index (χ0v) is 20.7. The van der Waals surface area contributed by atoms with Crippen molar-refractivity contribution in [1.29, 1.82) is 0 Å². The summed E-state index contributed by atoms with van der Waals surface area (Å²) in [7, 11) is -8.59. The van der Waals surface area contributed by atoms with Crippen LogP contribution < -0.4 is 8.92 Å². The van der Waals surface area contributed by atoms with Gasteiger partial charge in [0.25, 0.3) is 0 Å². The number of fused-ring (bicyclic) bond motifs is 5. The molecule has 1 aliphatic heterocycles. The summed E-state index contributed by atoms with van der Waals surface area (Å²) in [5.41, 5.74) is -5.32. The monoisotopic (exact) mass is 510 g/mol. The van der Waals surface area contributed by atoms with E-state index >= 15 is 0 Å². The molecule has 3 aliphatic rings. The van der Waals surface area contributed by atoms with Crippen molar-refractivity contribution in [3.8, 4) is 11.5 Å². The molecule has 4 atom stereocenters. The summed E-state index contributed by atoms with van der Waals surface area (Å²) in [6.07, 6.45) is 4.66. The fourth-order valence-electron chi connectivity index (χ4n) is 6.91. The fourth-order valence-corrected chi connectivity index (χ4v) is 9.50. The molecule has 2 aliphatic carbocycles. The molecule has 4 rings (SSSR count). The summed E-state index contributed by atoms with van der Waals surface area (Å²) in [6.45, 7) is 6.66. The molecule has 1 aromatic carbocycles. The van der Waals surface area contributed by atoms with E-state index in [1.54, 1.807) is 0 Å². The normalized spacial score (nSPS) is 32.8. The van der Waals surface area contributed by atoms with Crippen molar-refractivity contribution < 1.29 is 38.9 Å². The molecular formula is C22H29F3O6S2. The number of hydrogen-bond acceptors (Lipinski definition) is 6. The molecule has 0 spiro atoms. The van der Waals surface area contributed by atoms with Crippen LogP contribution in [0.15, 0.2) is 17.0 Å². The molecule has 1 aromatic rings. The zero-order chi connectivity index (χ0) is 24.6. The number of halogens is 3. The van der Waals surface area contributed by atoms with Gasteiger partial charge in [-0.2, -0.15) is 21.6 Å². The van der Waals surface area contributed by atoms with E-state index in [0.29, 0.717) is 11.5 Å². The maximum atomic E-state index is 13.4. The molecule has 2 saturated carbocycles. The first kappa shape index (κ1) is 24.6. The van der Waals surface area contributed by atoms with Gasteiger partial charge in [0.05, 0.1) is 17.8 Å². The highest BCUT2D eigenvalue weighted by Crippen LogP contribution is 2.65. The van der Waals surface area contributed by atoms with E-state index in [-0.39, 0.29) is 39.1 Å². The number of ether oxygens (including phenoxy) is 1. The maximum Gasteiger partial charge on any atom is 0.534 e. The van der Waals surface area contributed by atoms with Crippen molar-refractivity contribution in [1.82, 2.24) is 0 Å². The summed E-state index contributed by atoms with van der Waals surface area (Å²) in [5.74, 6) is -0.775. The lowest BCUT2D eigenvalue weighted by atomic mass is 9.46. The van der Waals surface area contributed by atoms with Crippen LogP contribution in [0.3, 0.4) is 0 Å². The maximum absolute atomic E-state index is 13.4. The van der Waals surface area contributed by atoms with Crippen LogP contribution in [-0.4, -0.2) is 35.2 Å². The molecule has 6 nitrogen and oxygen atoms in total. The van der Waals surface area contributed by atoms with E-state index < -0.39 is 31.2 Å². The van der Waals surface area contributed by atoms with Crippen LogP contribution in [0.2, 0.25) is 0 Å². The van der Waals surface area contributed by atoms with Crippen LogP contribution in [0.25, 0.3) is 0 Å². The SMILES string of the molecule is COc1cc(OS(=O)(=O)C(F)(F)F)cc2c1[C@@H]1CC[C@H]3C(C)(C)CCC[C@]3(C)[C@H]1CS2(=O)=O. The largest absolute Gasteiger partial charge is 0.534 e. The highest BCUT2D eigenvalue weighted by Gasteiger charge is 2.58. The highest BCUT2D eigenvalue weighted by atomic mass is 32.2. The van der Waals surface area contributed by atoms with E-state index in [2.05, 4.69) is 25.0 Å². The van der Waals surface area contributed by atoms with Crippen molar-refractivity contribution >= 4 is 20.0 Å². The zero-order valence-electron chi connectivity index (χ0n) is 19.0. The number of sulfone groups is 1. The summed E-state index contributed by atoms with van der Waals surface area (Å²) < 4.78 is 97.9. The van der Waals surface area contributed by atoms with Crippen LogP contribution in [-0.2, 0) is 20.0 Å². The Morgan fingerprint density at radius 2 is 1.76 bits per heavy atom. The average Bonchev–Trinajstić information content (AvgIpc) is 2.66. The first-order valence-corrected chi connectivity index (χ1v) is 14.0. The molecule has 0 bridgehead atoms. The van der Waals surface area contributed by atoms with Gasteiger partial charge in [-0.05, 0) is 54.3 Å². The molecule has 0 unspecified atom stereocenters. The minimum absolute atomic E-state index is 0.0373. The smallest absolute Gasteiger partial charge is 0.496 e. The lowest BCUT2D eigenvalue weighted by Crippen LogP contribution is -2.54. The van der Waals surface area contributed by atoms with Gasteiger partial charge in [0.1, 0.15) is 11.5 Å². The van der Waals surface area contributed by atoms with Gasteiger partial charge in [0.15, 0.2) is 9.84 Å². The molecule has 186 valence electrons. The molecule has 0 N–H and O–H groups in total. The first-order valence-electron chi connectivity index (χ1n) is 11.0. The van der Waals surface area contributed by atoms with Gasteiger partial charge in [0.2, 0.25) is 0 Å². The van der Waals surface area contributed by atoms with E-state index in [1.165, 1.54) is 7.11 Å². The van der Waals surface area contributed by atoms with Gasteiger partial charge in [-0.25, -0.2) is 8.42 Å². The molecule has 1 heterocycles. The predicted octanol–water partition coefficient (Wildman–Crippen LogP) is 5.04. The standard InChI is InChI=1S/C22H29F3O6S2/c1-20(2)8-5-9-21(3)15-12-32(26,27)17-11-13(31-33(28,29)22(23,24)25)10-16(30-4)19(17)14(15)6-7-18(20)21/h10-11,14-15,18H,5-9,12H2,1-4H3/t14-,15+,18+,21-/m1/s1. The Balaban J connectivity index is 1.84. The van der Waals surface area contributed by atoms with Crippen LogP contribution in [0.1, 0.15) is 64.4 Å². The van der Waals surface area contributed by atoms with Gasteiger partial charge < -0.3 is 8.92 Å². The Hall–Kier alpha value is -1.49. The number of methoxy groups -OCH3 is 1. The molecule has 0 radical (unpaired) electrons. The van der Waals surface area contributed by atoms with Crippen molar-refractivity contribution in [3.05, 3.63) is 17.7 Å².